The summed E-state index contributed by atoms with van der Waals surface area (Å²) in [6, 6.07) is 10.3. The quantitative estimate of drug-likeness (QED) is 0.409. The van der Waals surface area contributed by atoms with Gasteiger partial charge in [-0.1, -0.05) is 18.2 Å². The van der Waals surface area contributed by atoms with E-state index in [1.807, 2.05) is 32.0 Å². The van der Waals surface area contributed by atoms with Gasteiger partial charge in [-0.05, 0) is 26.0 Å². The maximum Gasteiger partial charge on any atom is 0.214 e. The fourth-order valence-corrected chi connectivity index (χ4v) is 2.15. The molecule has 132 valence electrons. The molecular formula is C17H26IN5O. The molecule has 1 aromatic carbocycles. The van der Waals surface area contributed by atoms with Crippen molar-refractivity contribution in [2.24, 2.45) is 4.99 Å². The van der Waals surface area contributed by atoms with Crippen molar-refractivity contribution in [3.05, 3.63) is 47.7 Å². The van der Waals surface area contributed by atoms with E-state index in [1.165, 1.54) is 5.69 Å². The summed E-state index contributed by atoms with van der Waals surface area (Å²) >= 11 is 0. The number of rotatable bonds is 6. The lowest BCUT2D eigenvalue weighted by Gasteiger charge is -2.20. The van der Waals surface area contributed by atoms with E-state index in [9.17, 15) is 0 Å². The third kappa shape index (κ3) is 6.03. The highest BCUT2D eigenvalue weighted by molar-refractivity contribution is 14.0. The molecule has 0 saturated heterocycles. The van der Waals surface area contributed by atoms with Gasteiger partial charge in [-0.25, -0.2) is 4.98 Å². The molecule has 0 unspecified atom stereocenters. The highest BCUT2D eigenvalue weighted by atomic mass is 127. The van der Waals surface area contributed by atoms with Gasteiger partial charge in [0.2, 0.25) is 5.89 Å². The summed E-state index contributed by atoms with van der Waals surface area (Å²) in [7, 11) is 3.83. The van der Waals surface area contributed by atoms with Crippen LogP contribution in [0.2, 0.25) is 0 Å². The summed E-state index contributed by atoms with van der Waals surface area (Å²) < 4.78 is 5.55. The number of guanidine groups is 1. The fraction of sp³-hybridized carbons (Fsp3) is 0.412. The number of aromatic nitrogens is 1. The van der Waals surface area contributed by atoms with Crippen LogP contribution in [0.3, 0.4) is 0 Å². The van der Waals surface area contributed by atoms with E-state index in [0.29, 0.717) is 12.4 Å². The topological polar surface area (TPSA) is 65.7 Å². The number of hydrogen-bond acceptors (Lipinski definition) is 4. The van der Waals surface area contributed by atoms with Crippen molar-refractivity contribution in [1.29, 1.82) is 0 Å². The summed E-state index contributed by atoms with van der Waals surface area (Å²) in [5.41, 5.74) is 2.12. The fourth-order valence-electron chi connectivity index (χ4n) is 2.15. The lowest BCUT2D eigenvalue weighted by Crippen LogP contribution is -2.40. The largest absolute Gasteiger partial charge is 0.444 e. The Hall–Kier alpha value is -1.77. The van der Waals surface area contributed by atoms with Crippen LogP contribution in [0, 0.1) is 13.8 Å². The second-order valence-corrected chi connectivity index (χ2v) is 5.36. The monoisotopic (exact) mass is 443 g/mol. The standard InChI is InChI=1S/C17H25N5O.HI/c1-13-14(2)23-16(21-13)12-20-17(18-3)19-10-11-22(4)15-8-6-5-7-9-15;/h5-9H,10-12H2,1-4H3,(H2,18,19,20);1H. The second-order valence-electron chi connectivity index (χ2n) is 5.36. The van der Waals surface area contributed by atoms with Gasteiger partial charge in [-0.15, -0.1) is 24.0 Å². The van der Waals surface area contributed by atoms with Gasteiger partial charge in [-0.2, -0.15) is 0 Å². The van der Waals surface area contributed by atoms with Crippen LogP contribution < -0.4 is 15.5 Å². The van der Waals surface area contributed by atoms with Gasteiger partial charge in [0, 0.05) is 32.9 Å². The van der Waals surface area contributed by atoms with Gasteiger partial charge >= 0.3 is 0 Å². The van der Waals surface area contributed by atoms with Crippen molar-refractivity contribution in [2.45, 2.75) is 20.4 Å². The molecule has 1 aromatic heterocycles. The van der Waals surface area contributed by atoms with E-state index in [1.54, 1.807) is 7.05 Å². The number of anilines is 1. The molecule has 0 aliphatic rings. The van der Waals surface area contributed by atoms with Crippen molar-refractivity contribution < 1.29 is 4.42 Å². The van der Waals surface area contributed by atoms with Crippen LogP contribution in [0.25, 0.3) is 0 Å². The Kier molecular flexibility index (Phi) is 8.59. The van der Waals surface area contributed by atoms with E-state index in [-0.39, 0.29) is 24.0 Å². The molecule has 0 amide bonds. The number of nitrogens with one attached hydrogen (secondary N) is 2. The molecule has 0 aliphatic heterocycles. The molecule has 0 aliphatic carbocycles. The molecule has 2 rings (SSSR count). The minimum atomic E-state index is 0. The maximum absolute atomic E-state index is 5.55. The highest BCUT2D eigenvalue weighted by Gasteiger charge is 2.06. The molecule has 0 atom stereocenters. The average molecular weight is 443 g/mol. The summed E-state index contributed by atoms with van der Waals surface area (Å²) in [4.78, 5) is 10.7. The van der Waals surface area contributed by atoms with E-state index >= 15 is 0 Å². The Bertz CT molecular complexity index is 622. The Labute approximate surface area is 160 Å². The Morgan fingerprint density at radius 1 is 1.21 bits per heavy atom. The lowest BCUT2D eigenvalue weighted by molar-refractivity contribution is 0.464. The molecule has 2 aromatic rings. The van der Waals surface area contributed by atoms with E-state index in [4.69, 9.17) is 4.42 Å². The predicted octanol–water partition coefficient (Wildman–Crippen LogP) is 2.71. The zero-order valence-corrected chi connectivity index (χ0v) is 17.0. The number of para-hydroxylation sites is 1. The van der Waals surface area contributed by atoms with Crippen molar-refractivity contribution in [2.75, 3.05) is 32.1 Å². The van der Waals surface area contributed by atoms with Crippen LogP contribution in [0.15, 0.2) is 39.7 Å². The zero-order valence-electron chi connectivity index (χ0n) is 14.7. The number of halogens is 1. The molecule has 0 saturated carbocycles. The molecule has 0 fully saturated rings. The van der Waals surface area contributed by atoms with Gasteiger partial charge in [0.05, 0.1) is 12.2 Å². The predicted molar refractivity (Wildman–Crippen MR) is 109 cm³/mol. The number of aliphatic imine (C=N–C) groups is 1. The molecule has 7 heteroatoms. The number of benzene rings is 1. The Morgan fingerprint density at radius 3 is 2.50 bits per heavy atom. The van der Waals surface area contributed by atoms with Gasteiger partial charge < -0.3 is 20.0 Å². The van der Waals surface area contributed by atoms with E-state index < -0.39 is 0 Å². The van der Waals surface area contributed by atoms with Crippen LogP contribution in [-0.2, 0) is 6.54 Å². The third-order valence-electron chi connectivity index (χ3n) is 3.64. The van der Waals surface area contributed by atoms with E-state index in [2.05, 4.69) is 44.7 Å². The molecular weight excluding hydrogens is 417 g/mol. The van der Waals surface area contributed by atoms with Crippen molar-refractivity contribution in [1.82, 2.24) is 15.6 Å². The minimum absolute atomic E-state index is 0. The average Bonchev–Trinajstić information content (AvgIpc) is 2.89. The van der Waals surface area contributed by atoms with Crippen molar-refractivity contribution in [3.63, 3.8) is 0 Å². The SMILES string of the molecule is CN=C(NCCN(C)c1ccccc1)NCc1nc(C)c(C)o1.I. The van der Waals surface area contributed by atoms with Gasteiger partial charge in [0.15, 0.2) is 5.96 Å². The molecule has 1 heterocycles. The molecule has 0 spiro atoms. The Morgan fingerprint density at radius 2 is 1.92 bits per heavy atom. The van der Waals surface area contributed by atoms with Crippen molar-refractivity contribution >= 4 is 35.6 Å². The summed E-state index contributed by atoms with van der Waals surface area (Å²) in [5.74, 6) is 2.26. The van der Waals surface area contributed by atoms with Crippen LogP contribution in [0.1, 0.15) is 17.3 Å². The van der Waals surface area contributed by atoms with Crippen LogP contribution in [0.5, 0.6) is 0 Å². The third-order valence-corrected chi connectivity index (χ3v) is 3.64. The van der Waals surface area contributed by atoms with Crippen LogP contribution in [0.4, 0.5) is 5.69 Å². The van der Waals surface area contributed by atoms with Crippen molar-refractivity contribution in [3.8, 4) is 0 Å². The number of oxazole rings is 1. The van der Waals surface area contributed by atoms with Gasteiger partial charge in [0.25, 0.3) is 0 Å². The number of likely N-dealkylation sites (N-methyl/N-ethyl adjacent to an activating group) is 1. The Balaban J connectivity index is 0.00000288. The first-order valence-electron chi connectivity index (χ1n) is 7.73. The lowest BCUT2D eigenvalue weighted by atomic mass is 10.3. The van der Waals surface area contributed by atoms with Crippen LogP contribution in [-0.4, -0.2) is 38.1 Å². The van der Waals surface area contributed by atoms with Gasteiger partial charge in [-0.3, -0.25) is 4.99 Å². The molecule has 2 N–H and O–H groups in total. The summed E-state index contributed by atoms with van der Waals surface area (Å²) in [6.07, 6.45) is 0. The van der Waals surface area contributed by atoms with Crippen LogP contribution >= 0.6 is 24.0 Å². The first-order chi connectivity index (χ1) is 11.1. The number of aryl methyl sites for hydroxylation is 2. The normalized spacial score (nSPS) is 10.9. The molecule has 6 nitrogen and oxygen atoms in total. The molecule has 24 heavy (non-hydrogen) atoms. The molecule has 0 radical (unpaired) electrons. The molecule has 0 bridgehead atoms. The van der Waals surface area contributed by atoms with E-state index in [0.717, 1.165) is 30.5 Å². The first kappa shape index (κ1) is 20.3. The highest BCUT2D eigenvalue weighted by Crippen LogP contribution is 2.09. The number of nitrogens with zero attached hydrogens (tertiary/aromatic N) is 3. The zero-order chi connectivity index (χ0) is 16.7. The smallest absolute Gasteiger partial charge is 0.214 e. The first-order valence-corrected chi connectivity index (χ1v) is 7.73. The second kappa shape index (κ2) is 10.2. The minimum Gasteiger partial charge on any atom is -0.444 e. The summed E-state index contributed by atoms with van der Waals surface area (Å²) in [6.45, 7) is 6.03. The maximum atomic E-state index is 5.55. The summed E-state index contributed by atoms with van der Waals surface area (Å²) in [5, 5.41) is 6.49. The van der Waals surface area contributed by atoms with Gasteiger partial charge in [0.1, 0.15) is 5.76 Å². The number of hydrogen-bond donors (Lipinski definition) is 2.